The predicted octanol–water partition coefficient (Wildman–Crippen LogP) is 9.93. The molecule has 4 aromatic carbocycles. The van der Waals surface area contributed by atoms with Crippen molar-refractivity contribution in [2.24, 2.45) is 11.8 Å². The molecule has 9 rings (SSSR count). The van der Waals surface area contributed by atoms with Crippen LogP contribution in [0.1, 0.15) is 53.5 Å². The van der Waals surface area contributed by atoms with E-state index in [1.165, 1.54) is 23.8 Å². The normalized spacial score (nSPS) is 24.0. The number of benzene rings is 5. The molecule has 3 aliphatic carbocycles. The second-order valence-electron chi connectivity index (χ2n) is 18.0. The summed E-state index contributed by atoms with van der Waals surface area (Å²) in [7, 11) is 7.94. The first kappa shape index (κ1) is 50.3. The van der Waals surface area contributed by atoms with Gasteiger partial charge in [-0.15, -0.1) is 6.42 Å². The van der Waals surface area contributed by atoms with Gasteiger partial charge in [0, 0.05) is 12.0 Å². The third kappa shape index (κ3) is 12.1. The molecule has 3 fully saturated rings. The Morgan fingerprint density at radius 2 is 1.16 bits per heavy atom. The molecule has 0 radical (unpaired) electrons. The molecule has 1 saturated carbocycles. The molecular formula is C57H65NO12. The minimum absolute atomic E-state index is 0.0512. The predicted molar refractivity (Wildman–Crippen MR) is 263 cm³/mol. The molecule has 6 unspecified atom stereocenters. The highest BCUT2D eigenvalue weighted by Gasteiger charge is 2.53. The summed E-state index contributed by atoms with van der Waals surface area (Å²) in [6.45, 7) is 3.34. The van der Waals surface area contributed by atoms with Crippen LogP contribution < -0.4 is 18.9 Å². The number of methoxy groups -OCH3 is 5. The lowest BCUT2D eigenvalue weighted by molar-refractivity contribution is -0.369. The first-order valence-electron chi connectivity index (χ1n) is 23.9. The van der Waals surface area contributed by atoms with Crippen LogP contribution in [0.2, 0.25) is 0 Å². The van der Waals surface area contributed by atoms with Crippen molar-refractivity contribution in [3.63, 3.8) is 0 Å². The second-order valence-corrected chi connectivity index (χ2v) is 18.0. The Hall–Kier alpha value is -6.11. The van der Waals surface area contributed by atoms with Crippen molar-refractivity contribution in [1.82, 2.24) is 4.90 Å². The molecule has 5 aliphatic rings. The van der Waals surface area contributed by atoms with Crippen LogP contribution in [0.3, 0.4) is 0 Å². The van der Waals surface area contributed by atoms with Crippen LogP contribution in [-0.4, -0.2) is 96.1 Å². The van der Waals surface area contributed by atoms with E-state index in [0.717, 1.165) is 64.5 Å². The van der Waals surface area contributed by atoms with E-state index in [0.29, 0.717) is 13.0 Å². The molecular weight excluding hydrogens is 891 g/mol. The molecule has 0 aromatic heterocycles. The number of hydrogen-bond acceptors (Lipinski definition) is 12. The molecule has 0 bridgehead atoms. The summed E-state index contributed by atoms with van der Waals surface area (Å²) in [5.74, 6) is 5.25. The number of aryl methyl sites for hydroxylation is 1. The molecule has 13 nitrogen and oxygen atoms in total. The van der Waals surface area contributed by atoms with Crippen molar-refractivity contribution in [3.8, 4) is 46.5 Å². The maximum Gasteiger partial charge on any atom is 0.410 e. The number of fused-ring (bicyclic) bond motifs is 2. The molecule has 2 aliphatic heterocycles. The maximum atomic E-state index is 13.1. The highest BCUT2D eigenvalue weighted by molar-refractivity contribution is 5.80. The number of rotatable bonds is 19. The molecule has 13 heteroatoms. The molecule has 1 amide bonds. The number of carbonyl (C=O) groups is 1. The Morgan fingerprint density at radius 1 is 0.643 bits per heavy atom. The van der Waals surface area contributed by atoms with Crippen molar-refractivity contribution in [1.29, 1.82) is 0 Å². The van der Waals surface area contributed by atoms with E-state index >= 15 is 0 Å². The van der Waals surface area contributed by atoms with Gasteiger partial charge in [0.15, 0.2) is 12.6 Å². The third-order valence-corrected chi connectivity index (χ3v) is 13.7. The van der Waals surface area contributed by atoms with Crippen molar-refractivity contribution < 1.29 is 56.9 Å². The van der Waals surface area contributed by atoms with Crippen LogP contribution in [0.5, 0.6) is 23.0 Å². The zero-order valence-electron chi connectivity index (χ0n) is 41.0. The largest absolute Gasteiger partial charge is 0.497 e. The van der Waals surface area contributed by atoms with Gasteiger partial charge in [0.25, 0.3) is 0 Å². The summed E-state index contributed by atoms with van der Waals surface area (Å²) in [5, 5.41) is 0. The van der Waals surface area contributed by atoms with E-state index in [2.05, 4.69) is 31.0 Å². The van der Waals surface area contributed by atoms with Crippen LogP contribution >= 0.6 is 0 Å². The minimum atomic E-state index is -0.943. The van der Waals surface area contributed by atoms with Crippen LogP contribution in [0.25, 0.3) is 11.1 Å². The van der Waals surface area contributed by atoms with E-state index in [1.54, 1.807) is 33.3 Å². The van der Waals surface area contributed by atoms with Gasteiger partial charge in [-0.1, -0.05) is 72.7 Å². The third-order valence-electron chi connectivity index (χ3n) is 13.7. The molecule has 70 heavy (non-hydrogen) atoms. The number of amides is 1. The summed E-state index contributed by atoms with van der Waals surface area (Å²) >= 11 is 0. The van der Waals surface area contributed by atoms with E-state index < -0.39 is 42.8 Å². The summed E-state index contributed by atoms with van der Waals surface area (Å²) in [6.07, 6.45) is 5.01. The summed E-state index contributed by atoms with van der Waals surface area (Å²) in [4.78, 5) is 14.8. The van der Waals surface area contributed by atoms with Gasteiger partial charge in [0.1, 0.15) is 29.1 Å². The lowest BCUT2D eigenvalue weighted by atomic mass is 9.82. The number of ether oxygens (including phenoxy) is 11. The maximum absolute atomic E-state index is 13.1. The van der Waals surface area contributed by atoms with Gasteiger partial charge in [0.2, 0.25) is 0 Å². The molecule has 2 saturated heterocycles. The van der Waals surface area contributed by atoms with Gasteiger partial charge in [-0.3, -0.25) is 4.90 Å². The first-order chi connectivity index (χ1) is 34.2. The van der Waals surface area contributed by atoms with Crippen molar-refractivity contribution in [2.45, 2.75) is 102 Å². The summed E-state index contributed by atoms with van der Waals surface area (Å²) < 4.78 is 68.2. The topological polar surface area (TPSA) is 122 Å². The highest BCUT2D eigenvalue weighted by Crippen LogP contribution is 2.44. The van der Waals surface area contributed by atoms with Crippen LogP contribution in [0, 0.1) is 31.1 Å². The fourth-order valence-electron chi connectivity index (χ4n) is 9.76. The SMILES string of the molecule is C#CC1C[C@H]2[C@@H](OC3OC(OCc4ccc(OC)cc4)C(OCc4ccc(OC)cc4)C(OCc4ccc(OC)cc4)C3COCc3ccc(OC)cc3)CCC[C@H]2N1C(=O)OC.Cc1cc2ccc1-2. The van der Waals surface area contributed by atoms with Gasteiger partial charge >= 0.3 is 6.09 Å². The van der Waals surface area contributed by atoms with E-state index in [1.807, 2.05) is 97.1 Å². The lowest BCUT2D eigenvalue weighted by Crippen LogP contribution is -2.60. The standard InChI is InChI=1S/C50H59NO12.C7H6/c1-7-37-27-42-44(51(37)50(52)57-6)9-8-10-45(42)62-48-43(32-58-28-33-11-19-38(53-2)20-12-33)46(59-29-34-13-21-39(54-3)22-14-34)47(60-30-35-15-23-40(55-4)24-16-35)49(63-48)61-31-36-17-25-41(56-5)26-18-36;1-5-4-6-2-3-7(5)6/h1,11-26,37,42-49H,8-10,27-32H2,2-6H3;2-4H,1H3/t37?,42-,43?,44-,45+,46?,47?,48?,49?;/m1./s1. The highest BCUT2D eigenvalue weighted by atomic mass is 16.8. The Morgan fingerprint density at radius 3 is 1.59 bits per heavy atom. The Labute approximate surface area is 412 Å². The molecule has 370 valence electrons. The van der Waals surface area contributed by atoms with E-state index in [9.17, 15) is 4.79 Å². The Kier molecular flexibility index (Phi) is 17.3. The summed E-state index contributed by atoms with van der Waals surface area (Å²) in [6, 6.07) is 36.9. The van der Waals surface area contributed by atoms with Crippen molar-refractivity contribution in [3.05, 3.63) is 143 Å². The Balaban J connectivity index is 0.000000854. The van der Waals surface area contributed by atoms with Gasteiger partial charge < -0.3 is 52.1 Å². The fourth-order valence-corrected chi connectivity index (χ4v) is 9.76. The van der Waals surface area contributed by atoms with Gasteiger partial charge in [-0.25, -0.2) is 4.79 Å². The van der Waals surface area contributed by atoms with Crippen molar-refractivity contribution >= 4 is 6.09 Å². The second kappa shape index (κ2) is 24.1. The van der Waals surface area contributed by atoms with E-state index in [-0.39, 0.29) is 44.5 Å². The van der Waals surface area contributed by atoms with Crippen LogP contribution in [0.15, 0.2) is 115 Å². The van der Waals surface area contributed by atoms with Gasteiger partial charge in [-0.05, 0) is 120 Å². The monoisotopic (exact) mass is 955 g/mol. The number of carbonyl (C=O) groups excluding carboxylic acids is 1. The van der Waals surface area contributed by atoms with Gasteiger partial charge in [-0.2, -0.15) is 0 Å². The average Bonchev–Trinajstić information content (AvgIpc) is 3.79. The van der Waals surface area contributed by atoms with Crippen LogP contribution in [0.4, 0.5) is 4.79 Å². The molecule has 0 N–H and O–H groups in total. The lowest BCUT2D eigenvalue weighted by Gasteiger charge is -2.47. The molecule has 9 atom stereocenters. The van der Waals surface area contributed by atoms with Gasteiger partial charge in [0.05, 0.1) is 92.8 Å². The van der Waals surface area contributed by atoms with Crippen LogP contribution in [-0.2, 0) is 59.6 Å². The minimum Gasteiger partial charge on any atom is -0.497 e. The molecule has 4 aromatic rings. The summed E-state index contributed by atoms with van der Waals surface area (Å²) in [5.41, 5.74) is 8.10. The number of terminal acetylenes is 1. The zero-order chi connectivity index (χ0) is 49.0. The molecule has 2 heterocycles. The quantitative estimate of drug-likeness (QED) is 0.0719. The number of hydrogen-bond donors (Lipinski definition) is 0. The number of nitrogens with zero attached hydrogens (tertiary/aromatic N) is 1. The zero-order valence-corrected chi connectivity index (χ0v) is 41.0. The van der Waals surface area contributed by atoms with E-state index in [4.69, 9.17) is 58.5 Å². The smallest absolute Gasteiger partial charge is 0.410 e. The first-order valence-corrected chi connectivity index (χ1v) is 23.9. The molecule has 0 spiro atoms. The number of likely N-dealkylation sites (tertiary alicyclic amines) is 1. The fraction of sp³-hybridized carbons (Fsp3) is 0.421. The van der Waals surface area contributed by atoms with Crippen molar-refractivity contribution in [2.75, 3.05) is 42.2 Å². The Bertz CT molecular complexity index is 2470. The average molecular weight is 956 g/mol.